The second-order valence-corrected chi connectivity index (χ2v) is 3.99. The number of benzene rings is 1. The van der Waals surface area contributed by atoms with Gasteiger partial charge in [0.2, 0.25) is 0 Å². The molecule has 6 heteroatoms. The molecule has 0 heterocycles. The number of alkyl halides is 3. The first kappa shape index (κ1) is 12.2. The number of hydrogen-bond donors (Lipinski definition) is 1. The Bertz CT molecular complexity index is 412. The summed E-state index contributed by atoms with van der Waals surface area (Å²) in [4.78, 5) is 0. The van der Waals surface area contributed by atoms with E-state index in [1.165, 1.54) is 12.1 Å². The first-order valence-corrected chi connectivity index (χ1v) is 5.10. The molecule has 0 radical (unpaired) electrons. The van der Waals surface area contributed by atoms with Gasteiger partial charge in [-0.2, -0.15) is 0 Å². The molecule has 0 saturated heterocycles. The molecule has 0 aliphatic heterocycles. The summed E-state index contributed by atoms with van der Waals surface area (Å²) < 4.78 is 53.1. The molecule has 1 aromatic rings. The minimum absolute atomic E-state index is 0.0642. The van der Waals surface area contributed by atoms with Crippen LogP contribution in [0.3, 0.4) is 0 Å². The van der Waals surface area contributed by atoms with Crippen LogP contribution in [0.1, 0.15) is 24.5 Å². The van der Waals surface area contributed by atoms with Gasteiger partial charge in [-0.25, -0.2) is 4.39 Å². The third-order valence-electron chi connectivity index (χ3n) is 2.61. The van der Waals surface area contributed by atoms with Crippen molar-refractivity contribution in [2.75, 3.05) is 0 Å². The van der Waals surface area contributed by atoms with Crippen LogP contribution in [0.15, 0.2) is 18.2 Å². The van der Waals surface area contributed by atoms with E-state index in [1.54, 1.807) is 0 Å². The summed E-state index contributed by atoms with van der Waals surface area (Å²) >= 11 is 0. The minimum atomic E-state index is -4.94. The average molecular weight is 250 g/mol. The van der Waals surface area contributed by atoms with Crippen molar-refractivity contribution in [3.8, 4) is 5.75 Å². The van der Waals surface area contributed by atoms with Crippen LogP contribution in [0, 0.1) is 11.7 Å². The number of hydrogen-bond acceptors (Lipinski definition) is 2. The maximum atomic E-state index is 13.7. The Hall–Kier alpha value is -1.30. The van der Waals surface area contributed by atoms with Gasteiger partial charge in [0.05, 0.1) is 6.10 Å². The van der Waals surface area contributed by atoms with Crippen molar-refractivity contribution in [3.63, 3.8) is 0 Å². The molecule has 94 valence electrons. The normalized spacial score (nSPS) is 17.9. The lowest BCUT2D eigenvalue weighted by Gasteiger charge is -2.14. The second kappa shape index (κ2) is 4.18. The van der Waals surface area contributed by atoms with Crippen molar-refractivity contribution in [2.24, 2.45) is 5.92 Å². The zero-order valence-corrected chi connectivity index (χ0v) is 8.67. The van der Waals surface area contributed by atoms with Crippen molar-refractivity contribution in [2.45, 2.75) is 25.3 Å². The summed E-state index contributed by atoms with van der Waals surface area (Å²) in [6.07, 6.45) is -4.49. The third-order valence-corrected chi connectivity index (χ3v) is 2.61. The second-order valence-electron chi connectivity index (χ2n) is 3.99. The number of ether oxygens (including phenoxy) is 1. The van der Waals surface area contributed by atoms with Gasteiger partial charge in [-0.1, -0.05) is 12.1 Å². The molecule has 0 bridgehead atoms. The predicted octanol–water partition coefficient (Wildman–Crippen LogP) is 3.17. The maximum Gasteiger partial charge on any atom is 0.573 e. The highest BCUT2D eigenvalue weighted by atomic mass is 19.4. The molecule has 1 aliphatic carbocycles. The first-order valence-electron chi connectivity index (χ1n) is 5.10. The fraction of sp³-hybridized carbons (Fsp3) is 0.455. The van der Waals surface area contributed by atoms with Gasteiger partial charge in [-0.3, -0.25) is 0 Å². The van der Waals surface area contributed by atoms with Crippen LogP contribution >= 0.6 is 0 Å². The van der Waals surface area contributed by atoms with Gasteiger partial charge < -0.3 is 9.84 Å². The molecular weight excluding hydrogens is 240 g/mol. The lowest BCUT2D eigenvalue weighted by Crippen LogP contribution is -2.18. The molecule has 1 aromatic carbocycles. The van der Waals surface area contributed by atoms with Crippen LogP contribution in [-0.4, -0.2) is 11.5 Å². The lowest BCUT2D eigenvalue weighted by atomic mass is 10.0. The third kappa shape index (κ3) is 2.88. The summed E-state index contributed by atoms with van der Waals surface area (Å²) in [5.41, 5.74) is -0.144. The van der Waals surface area contributed by atoms with E-state index in [4.69, 9.17) is 0 Å². The van der Waals surface area contributed by atoms with Crippen molar-refractivity contribution >= 4 is 0 Å². The molecule has 1 atom stereocenters. The molecule has 1 fully saturated rings. The van der Waals surface area contributed by atoms with Gasteiger partial charge in [-0.15, -0.1) is 13.2 Å². The summed E-state index contributed by atoms with van der Waals surface area (Å²) in [6.45, 7) is 0. The summed E-state index contributed by atoms with van der Waals surface area (Å²) in [5.74, 6) is -2.12. The van der Waals surface area contributed by atoms with E-state index in [1.807, 2.05) is 0 Å². The Balaban J connectivity index is 2.26. The van der Waals surface area contributed by atoms with Crippen molar-refractivity contribution < 1.29 is 27.4 Å². The van der Waals surface area contributed by atoms with E-state index in [9.17, 15) is 22.7 Å². The maximum absolute atomic E-state index is 13.7. The average Bonchev–Trinajstić information content (AvgIpc) is 3.01. The summed E-state index contributed by atoms with van der Waals surface area (Å²) in [6, 6.07) is 3.37. The van der Waals surface area contributed by atoms with E-state index in [2.05, 4.69) is 4.74 Å². The number of aliphatic hydroxyl groups is 1. The zero-order chi connectivity index (χ0) is 12.6. The Morgan fingerprint density at radius 1 is 1.29 bits per heavy atom. The van der Waals surface area contributed by atoms with Crippen LogP contribution in [0.25, 0.3) is 0 Å². The van der Waals surface area contributed by atoms with E-state index < -0.39 is 24.0 Å². The largest absolute Gasteiger partial charge is 0.573 e. The Morgan fingerprint density at radius 2 is 1.94 bits per heavy atom. The van der Waals surface area contributed by atoms with E-state index in [-0.39, 0.29) is 11.5 Å². The molecule has 0 aromatic heterocycles. The van der Waals surface area contributed by atoms with Crippen LogP contribution < -0.4 is 4.74 Å². The Kier molecular flexibility index (Phi) is 2.99. The van der Waals surface area contributed by atoms with E-state index in [0.717, 1.165) is 18.9 Å². The minimum Gasteiger partial charge on any atom is -0.403 e. The summed E-state index contributed by atoms with van der Waals surface area (Å²) in [7, 11) is 0. The highest BCUT2D eigenvalue weighted by Gasteiger charge is 2.36. The van der Waals surface area contributed by atoms with Gasteiger partial charge in [-0.05, 0) is 24.8 Å². The predicted molar refractivity (Wildman–Crippen MR) is 50.8 cm³/mol. The SMILES string of the molecule is OC(c1cccc(OC(F)(F)F)c1F)C1CC1. The molecule has 0 spiro atoms. The smallest absolute Gasteiger partial charge is 0.403 e. The van der Waals surface area contributed by atoms with Gasteiger partial charge in [0.1, 0.15) is 0 Å². The topological polar surface area (TPSA) is 29.5 Å². The van der Waals surface area contributed by atoms with Crippen LogP contribution in [0.2, 0.25) is 0 Å². The molecule has 0 amide bonds. The zero-order valence-electron chi connectivity index (χ0n) is 8.67. The molecule has 1 saturated carbocycles. The fourth-order valence-electron chi connectivity index (χ4n) is 1.63. The van der Waals surface area contributed by atoms with Crippen LogP contribution in [-0.2, 0) is 0 Å². The van der Waals surface area contributed by atoms with Crippen LogP contribution in [0.4, 0.5) is 17.6 Å². The lowest BCUT2D eigenvalue weighted by molar-refractivity contribution is -0.275. The molecular formula is C11H10F4O2. The Morgan fingerprint density at radius 3 is 2.47 bits per heavy atom. The molecule has 1 N–H and O–H groups in total. The van der Waals surface area contributed by atoms with E-state index >= 15 is 0 Å². The van der Waals surface area contributed by atoms with E-state index in [0.29, 0.717) is 0 Å². The number of aliphatic hydroxyl groups excluding tert-OH is 1. The Labute approximate surface area is 94.8 Å². The molecule has 2 nitrogen and oxygen atoms in total. The molecule has 17 heavy (non-hydrogen) atoms. The fourth-order valence-corrected chi connectivity index (χ4v) is 1.63. The molecule has 2 rings (SSSR count). The standard InChI is InChI=1S/C11H10F4O2/c12-9-7(10(16)6-4-5-6)2-1-3-8(9)17-11(13,14)15/h1-3,6,10,16H,4-5H2. The van der Waals surface area contributed by atoms with Crippen molar-refractivity contribution in [1.82, 2.24) is 0 Å². The number of halogens is 4. The van der Waals surface area contributed by atoms with Gasteiger partial charge in [0, 0.05) is 5.56 Å². The highest BCUT2D eigenvalue weighted by Crippen LogP contribution is 2.42. The van der Waals surface area contributed by atoms with Crippen molar-refractivity contribution in [3.05, 3.63) is 29.6 Å². The number of rotatable bonds is 3. The van der Waals surface area contributed by atoms with Crippen molar-refractivity contribution in [1.29, 1.82) is 0 Å². The summed E-state index contributed by atoms with van der Waals surface area (Å²) in [5, 5.41) is 9.69. The molecule has 1 aliphatic rings. The monoisotopic (exact) mass is 250 g/mol. The molecule has 1 unspecified atom stereocenters. The van der Waals surface area contributed by atoms with Crippen LogP contribution in [0.5, 0.6) is 5.75 Å². The quantitative estimate of drug-likeness (QED) is 0.835. The van der Waals surface area contributed by atoms with Gasteiger partial charge >= 0.3 is 6.36 Å². The van der Waals surface area contributed by atoms with Gasteiger partial charge in [0.15, 0.2) is 11.6 Å². The highest BCUT2D eigenvalue weighted by molar-refractivity contribution is 5.33. The van der Waals surface area contributed by atoms with Gasteiger partial charge in [0.25, 0.3) is 0 Å². The first-order chi connectivity index (χ1) is 7.88.